The van der Waals surface area contributed by atoms with Crippen molar-refractivity contribution in [2.75, 3.05) is 0 Å². The van der Waals surface area contributed by atoms with E-state index in [4.69, 9.17) is 16.0 Å². The zero-order valence-electron chi connectivity index (χ0n) is 10.1. The van der Waals surface area contributed by atoms with Crippen molar-refractivity contribution in [3.63, 3.8) is 0 Å². The maximum Gasteiger partial charge on any atom is 0.108 e. The molecule has 1 aromatic heterocycles. The second-order valence-electron chi connectivity index (χ2n) is 4.14. The number of rotatable bonds is 3. The Labute approximate surface area is 129 Å². The van der Waals surface area contributed by atoms with Gasteiger partial charge in [-0.05, 0) is 36.2 Å². The quantitative estimate of drug-likeness (QED) is 0.584. The number of alkyl halides is 1. The summed E-state index contributed by atoms with van der Waals surface area (Å²) in [4.78, 5) is 0. The number of halogens is 3. The van der Waals surface area contributed by atoms with E-state index in [1.807, 2.05) is 6.07 Å². The lowest BCUT2D eigenvalue weighted by Crippen LogP contribution is -1.97. The van der Waals surface area contributed by atoms with Crippen LogP contribution in [0.5, 0.6) is 0 Å². The van der Waals surface area contributed by atoms with Gasteiger partial charge in [-0.2, -0.15) is 0 Å². The van der Waals surface area contributed by atoms with Crippen LogP contribution in [0.4, 0.5) is 0 Å². The molecule has 96 valence electrons. The Morgan fingerprint density at radius 2 is 1.94 bits per heavy atom. The maximum absolute atomic E-state index is 6.58. The predicted octanol–water partition coefficient (Wildman–Crippen LogP) is 6.00. The molecule has 4 heteroatoms. The zero-order valence-corrected chi connectivity index (χ0v) is 14.1. The Morgan fingerprint density at radius 1 is 1.22 bits per heavy atom. The van der Waals surface area contributed by atoms with Crippen molar-refractivity contribution in [3.8, 4) is 0 Å². The molecule has 2 rings (SSSR count). The van der Waals surface area contributed by atoms with Gasteiger partial charge >= 0.3 is 0 Å². The van der Waals surface area contributed by atoms with E-state index in [1.54, 1.807) is 6.26 Å². The molecule has 0 N–H and O–H groups in total. The Kier molecular flexibility index (Phi) is 4.57. The number of hydrogen-bond acceptors (Lipinski definition) is 1. The molecular weight excluding hydrogens is 379 g/mol. The lowest BCUT2D eigenvalue weighted by Gasteiger charge is -2.13. The summed E-state index contributed by atoms with van der Waals surface area (Å²) in [6.45, 7) is 4.11. The minimum atomic E-state index is -0.204. The Balaban J connectivity index is 2.46. The Morgan fingerprint density at radius 3 is 2.61 bits per heavy atom. The van der Waals surface area contributed by atoms with Gasteiger partial charge in [0, 0.05) is 20.9 Å². The zero-order chi connectivity index (χ0) is 13.3. The molecule has 18 heavy (non-hydrogen) atoms. The highest BCUT2D eigenvalue weighted by Crippen LogP contribution is 2.38. The summed E-state index contributed by atoms with van der Waals surface area (Å²) in [5, 5.41) is -0.204. The summed E-state index contributed by atoms with van der Waals surface area (Å²) in [5.41, 5.74) is 3.26. The van der Waals surface area contributed by atoms with Crippen molar-refractivity contribution >= 4 is 43.5 Å². The fraction of sp³-hybridized carbons (Fsp3) is 0.286. The lowest BCUT2D eigenvalue weighted by molar-refractivity contribution is 0.512. The third-order valence-electron chi connectivity index (χ3n) is 2.93. The standard InChI is InChI=1S/C14H13Br2ClO/c1-3-13-9(4-5-18-13)14(17)10-7-11(15)8(2)6-12(10)16/h4-7,14H,3H2,1-2H3. The Hall–Kier alpha value is -0.250. The van der Waals surface area contributed by atoms with Gasteiger partial charge in [-0.15, -0.1) is 11.6 Å². The van der Waals surface area contributed by atoms with Crippen LogP contribution in [0.1, 0.15) is 34.8 Å². The minimum Gasteiger partial charge on any atom is -0.469 e. The number of hydrogen-bond donors (Lipinski definition) is 0. The van der Waals surface area contributed by atoms with E-state index < -0.39 is 0 Å². The molecular formula is C14H13Br2ClO. The van der Waals surface area contributed by atoms with Gasteiger partial charge in [0.1, 0.15) is 5.76 Å². The van der Waals surface area contributed by atoms with Crippen LogP contribution < -0.4 is 0 Å². The van der Waals surface area contributed by atoms with Crippen LogP contribution in [-0.2, 0) is 6.42 Å². The van der Waals surface area contributed by atoms with Crippen LogP contribution in [0, 0.1) is 6.92 Å². The third-order valence-corrected chi connectivity index (χ3v) is 4.94. The van der Waals surface area contributed by atoms with Gasteiger partial charge in [-0.1, -0.05) is 38.8 Å². The fourth-order valence-corrected chi connectivity index (χ4v) is 3.44. The molecule has 0 saturated carbocycles. The highest BCUT2D eigenvalue weighted by molar-refractivity contribution is 9.11. The van der Waals surface area contributed by atoms with Crippen LogP contribution in [0.3, 0.4) is 0 Å². The summed E-state index contributed by atoms with van der Waals surface area (Å²) in [6, 6.07) is 6.07. The van der Waals surface area contributed by atoms with Gasteiger partial charge < -0.3 is 4.42 Å². The van der Waals surface area contributed by atoms with Gasteiger partial charge in [0.2, 0.25) is 0 Å². The van der Waals surface area contributed by atoms with E-state index >= 15 is 0 Å². The Bertz CT molecular complexity index is 563. The van der Waals surface area contributed by atoms with Gasteiger partial charge in [-0.3, -0.25) is 0 Å². The molecule has 1 heterocycles. The molecule has 1 nitrogen and oxygen atoms in total. The summed E-state index contributed by atoms with van der Waals surface area (Å²) in [5.74, 6) is 0.943. The van der Waals surface area contributed by atoms with Gasteiger partial charge in [0.05, 0.1) is 11.6 Å². The van der Waals surface area contributed by atoms with Gasteiger partial charge in [0.25, 0.3) is 0 Å². The van der Waals surface area contributed by atoms with Crippen molar-refractivity contribution in [1.82, 2.24) is 0 Å². The summed E-state index contributed by atoms with van der Waals surface area (Å²) >= 11 is 13.7. The molecule has 1 aromatic carbocycles. The summed E-state index contributed by atoms with van der Waals surface area (Å²) < 4.78 is 7.52. The number of furan rings is 1. The number of aryl methyl sites for hydroxylation is 2. The van der Waals surface area contributed by atoms with E-state index in [0.29, 0.717) is 0 Å². The van der Waals surface area contributed by atoms with Crippen molar-refractivity contribution in [2.45, 2.75) is 25.6 Å². The smallest absolute Gasteiger partial charge is 0.108 e. The average molecular weight is 393 g/mol. The lowest BCUT2D eigenvalue weighted by atomic mass is 10.0. The topological polar surface area (TPSA) is 13.1 Å². The number of benzene rings is 1. The van der Waals surface area contributed by atoms with Crippen molar-refractivity contribution in [3.05, 3.63) is 55.9 Å². The summed E-state index contributed by atoms with van der Waals surface area (Å²) in [6.07, 6.45) is 2.54. The molecule has 0 spiro atoms. The van der Waals surface area contributed by atoms with Crippen LogP contribution >= 0.6 is 43.5 Å². The first kappa shape index (κ1) is 14.2. The average Bonchev–Trinajstić information content (AvgIpc) is 2.81. The van der Waals surface area contributed by atoms with E-state index in [2.05, 4.69) is 57.8 Å². The minimum absolute atomic E-state index is 0.204. The molecule has 0 amide bonds. The molecule has 0 saturated heterocycles. The highest BCUT2D eigenvalue weighted by Gasteiger charge is 2.19. The van der Waals surface area contributed by atoms with Crippen molar-refractivity contribution in [2.24, 2.45) is 0 Å². The molecule has 0 radical (unpaired) electrons. The van der Waals surface area contributed by atoms with E-state index in [-0.39, 0.29) is 5.38 Å². The molecule has 0 aliphatic heterocycles. The third kappa shape index (κ3) is 2.68. The van der Waals surface area contributed by atoms with Crippen LogP contribution in [0.2, 0.25) is 0 Å². The first-order chi connectivity index (χ1) is 8.54. The second-order valence-corrected chi connectivity index (χ2v) is 6.28. The van der Waals surface area contributed by atoms with E-state index in [1.165, 1.54) is 5.56 Å². The van der Waals surface area contributed by atoms with Gasteiger partial charge in [0.15, 0.2) is 0 Å². The first-order valence-electron chi connectivity index (χ1n) is 5.70. The SMILES string of the molecule is CCc1occc1C(Cl)c1cc(Br)c(C)cc1Br. The van der Waals surface area contributed by atoms with E-state index in [9.17, 15) is 0 Å². The van der Waals surface area contributed by atoms with Gasteiger partial charge in [-0.25, -0.2) is 0 Å². The summed E-state index contributed by atoms with van der Waals surface area (Å²) in [7, 11) is 0. The highest BCUT2D eigenvalue weighted by atomic mass is 79.9. The van der Waals surface area contributed by atoms with Crippen molar-refractivity contribution in [1.29, 1.82) is 0 Å². The molecule has 0 aliphatic carbocycles. The normalized spacial score (nSPS) is 12.7. The fourth-order valence-electron chi connectivity index (χ4n) is 1.89. The molecule has 0 aliphatic rings. The second kappa shape index (κ2) is 5.81. The molecule has 0 fully saturated rings. The monoisotopic (exact) mass is 390 g/mol. The first-order valence-corrected chi connectivity index (χ1v) is 7.72. The van der Waals surface area contributed by atoms with E-state index in [0.717, 1.165) is 32.3 Å². The van der Waals surface area contributed by atoms with Crippen molar-refractivity contribution < 1.29 is 4.42 Å². The molecule has 2 aromatic rings. The van der Waals surface area contributed by atoms with Crippen LogP contribution in [-0.4, -0.2) is 0 Å². The molecule has 1 atom stereocenters. The maximum atomic E-state index is 6.58. The molecule has 0 bridgehead atoms. The van der Waals surface area contributed by atoms with Crippen LogP contribution in [0.25, 0.3) is 0 Å². The predicted molar refractivity (Wildman–Crippen MR) is 82.4 cm³/mol. The molecule has 1 unspecified atom stereocenters. The van der Waals surface area contributed by atoms with Crippen LogP contribution in [0.15, 0.2) is 37.8 Å². The largest absolute Gasteiger partial charge is 0.469 e.